The molecule has 0 atom stereocenters. The molecule has 2 rings (SSSR count). The first-order chi connectivity index (χ1) is 9.45. The van der Waals surface area contributed by atoms with E-state index < -0.39 is 10.0 Å². The summed E-state index contributed by atoms with van der Waals surface area (Å²) in [6.45, 7) is 2.00. The first kappa shape index (κ1) is 14.5. The molecule has 2 N–H and O–H groups in total. The molecule has 2 aromatic rings. The second-order valence-electron chi connectivity index (χ2n) is 4.17. The maximum Gasteiger partial charge on any atom is 0.261 e. The molecule has 1 heterocycles. The fourth-order valence-corrected chi connectivity index (χ4v) is 2.26. The van der Waals surface area contributed by atoms with Crippen molar-refractivity contribution in [3.8, 4) is 17.2 Å². The SMILES string of the molecule is CCCc1noc(-c2cc(S(N)(=O)=O)ccc2OC)n1. The Bertz CT molecular complexity index is 709. The molecule has 0 amide bonds. The number of methoxy groups -OCH3 is 1. The quantitative estimate of drug-likeness (QED) is 0.892. The molecule has 20 heavy (non-hydrogen) atoms. The van der Waals surface area contributed by atoms with Gasteiger partial charge in [0.1, 0.15) is 5.75 Å². The van der Waals surface area contributed by atoms with Crippen LogP contribution in [0.2, 0.25) is 0 Å². The minimum atomic E-state index is -3.81. The number of ether oxygens (including phenoxy) is 1. The summed E-state index contributed by atoms with van der Waals surface area (Å²) < 4.78 is 33.1. The highest BCUT2D eigenvalue weighted by atomic mass is 32.2. The van der Waals surface area contributed by atoms with Crippen molar-refractivity contribution in [2.75, 3.05) is 7.11 Å². The van der Waals surface area contributed by atoms with Crippen molar-refractivity contribution >= 4 is 10.0 Å². The van der Waals surface area contributed by atoms with Crippen molar-refractivity contribution in [2.24, 2.45) is 5.14 Å². The number of benzene rings is 1. The van der Waals surface area contributed by atoms with Crippen LogP contribution in [-0.4, -0.2) is 25.7 Å². The van der Waals surface area contributed by atoms with E-state index in [4.69, 9.17) is 14.4 Å². The molecule has 1 aromatic carbocycles. The van der Waals surface area contributed by atoms with E-state index in [0.29, 0.717) is 23.6 Å². The number of hydrogen-bond donors (Lipinski definition) is 1. The Labute approximate surface area is 116 Å². The smallest absolute Gasteiger partial charge is 0.261 e. The molecule has 0 fully saturated rings. The average Bonchev–Trinajstić information content (AvgIpc) is 2.86. The van der Waals surface area contributed by atoms with Crippen molar-refractivity contribution in [1.82, 2.24) is 10.1 Å². The Morgan fingerprint density at radius 1 is 1.40 bits per heavy atom. The normalized spacial score (nSPS) is 11.6. The van der Waals surface area contributed by atoms with E-state index in [1.165, 1.54) is 25.3 Å². The van der Waals surface area contributed by atoms with E-state index in [1.54, 1.807) is 0 Å². The van der Waals surface area contributed by atoms with Crippen LogP contribution in [0.1, 0.15) is 19.2 Å². The molecule has 0 aliphatic heterocycles. The number of aromatic nitrogens is 2. The van der Waals surface area contributed by atoms with Gasteiger partial charge in [-0.2, -0.15) is 4.98 Å². The lowest BCUT2D eigenvalue weighted by atomic mass is 10.2. The van der Waals surface area contributed by atoms with Gasteiger partial charge in [0.15, 0.2) is 5.82 Å². The summed E-state index contributed by atoms with van der Waals surface area (Å²) >= 11 is 0. The fraction of sp³-hybridized carbons (Fsp3) is 0.333. The molecule has 7 nitrogen and oxygen atoms in total. The Balaban J connectivity index is 2.52. The van der Waals surface area contributed by atoms with Crippen LogP contribution in [0.15, 0.2) is 27.6 Å². The Kier molecular flexibility index (Phi) is 4.05. The van der Waals surface area contributed by atoms with E-state index >= 15 is 0 Å². The molecule has 0 aliphatic rings. The molecule has 0 saturated heterocycles. The third-order valence-electron chi connectivity index (χ3n) is 2.67. The van der Waals surface area contributed by atoms with Crippen LogP contribution in [0.3, 0.4) is 0 Å². The lowest BCUT2D eigenvalue weighted by Gasteiger charge is -2.06. The summed E-state index contributed by atoms with van der Waals surface area (Å²) in [6, 6.07) is 4.22. The van der Waals surface area contributed by atoms with E-state index in [2.05, 4.69) is 10.1 Å². The third-order valence-corrected chi connectivity index (χ3v) is 3.58. The van der Waals surface area contributed by atoms with Crippen LogP contribution in [0.4, 0.5) is 0 Å². The fourth-order valence-electron chi connectivity index (χ4n) is 1.72. The van der Waals surface area contributed by atoms with Crippen LogP contribution in [0.5, 0.6) is 5.75 Å². The topological polar surface area (TPSA) is 108 Å². The zero-order valence-electron chi connectivity index (χ0n) is 11.2. The molecule has 0 radical (unpaired) electrons. The molecule has 0 bridgehead atoms. The predicted molar refractivity (Wildman–Crippen MR) is 71.7 cm³/mol. The first-order valence-corrected chi connectivity index (χ1v) is 7.54. The van der Waals surface area contributed by atoms with Gasteiger partial charge in [0.25, 0.3) is 5.89 Å². The van der Waals surface area contributed by atoms with Crippen LogP contribution in [0, 0.1) is 0 Å². The third kappa shape index (κ3) is 2.97. The highest BCUT2D eigenvalue weighted by Crippen LogP contribution is 2.30. The van der Waals surface area contributed by atoms with Crippen LogP contribution in [-0.2, 0) is 16.4 Å². The molecule has 0 spiro atoms. The number of rotatable bonds is 5. The standard InChI is InChI=1S/C12H15N3O4S/c1-3-4-11-14-12(19-15-11)9-7-8(20(13,16)17)5-6-10(9)18-2/h5-7H,3-4H2,1-2H3,(H2,13,16,17). The van der Waals surface area contributed by atoms with E-state index in [1.807, 2.05) is 6.92 Å². The summed E-state index contributed by atoms with van der Waals surface area (Å²) in [5.74, 6) is 1.20. The second kappa shape index (κ2) is 5.59. The highest BCUT2D eigenvalue weighted by molar-refractivity contribution is 7.89. The van der Waals surface area contributed by atoms with Gasteiger partial charge in [-0.1, -0.05) is 12.1 Å². The summed E-state index contributed by atoms with van der Waals surface area (Å²) in [7, 11) is -2.34. The summed E-state index contributed by atoms with van der Waals surface area (Å²) in [6.07, 6.45) is 1.56. The van der Waals surface area contributed by atoms with E-state index in [-0.39, 0.29) is 10.8 Å². The lowest BCUT2D eigenvalue weighted by Crippen LogP contribution is -2.12. The average molecular weight is 297 g/mol. The summed E-state index contributed by atoms with van der Waals surface area (Å²) in [4.78, 5) is 4.17. The number of aryl methyl sites for hydroxylation is 1. The summed E-state index contributed by atoms with van der Waals surface area (Å²) in [5, 5.41) is 8.94. The van der Waals surface area contributed by atoms with Gasteiger partial charge in [0.05, 0.1) is 17.6 Å². The Morgan fingerprint density at radius 3 is 2.75 bits per heavy atom. The summed E-state index contributed by atoms with van der Waals surface area (Å²) in [5.41, 5.74) is 0.397. The minimum absolute atomic E-state index is 0.0384. The maximum absolute atomic E-state index is 11.4. The van der Waals surface area contributed by atoms with Gasteiger partial charge in [-0.15, -0.1) is 0 Å². The monoisotopic (exact) mass is 297 g/mol. The number of nitrogens with two attached hydrogens (primary N) is 1. The predicted octanol–water partition coefficient (Wildman–Crippen LogP) is 1.35. The number of hydrogen-bond acceptors (Lipinski definition) is 6. The van der Waals surface area contributed by atoms with Crippen molar-refractivity contribution in [1.29, 1.82) is 0 Å². The van der Waals surface area contributed by atoms with Crippen LogP contribution < -0.4 is 9.88 Å². The van der Waals surface area contributed by atoms with Gasteiger partial charge in [0.2, 0.25) is 10.0 Å². The van der Waals surface area contributed by atoms with E-state index in [0.717, 1.165) is 6.42 Å². The number of primary sulfonamides is 1. The molecule has 0 unspecified atom stereocenters. The molecule has 8 heteroatoms. The van der Waals surface area contributed by atoms with Gasteiger partial charge in [-0.25, -0.2) is 13.6 Å². The molecular weight excluding hydrogens is 282 g/mol. The minimum Gasteiger partial charge on any atom is -0.496 e. The van der Waals surface area contributed by atoms with Gasteiger partial charge in [-0.05, 0) is 24.6 Å². The molecule has 0 aliphatic carbocycles. The number of sulfonamides is 1. The highest BCUT2D eigenvalue weighted by Gasteiger charge is 2.17. The van der Waals surface area contributed by atoms with Crippen molar-refractivity contribution in [3.63, 3.8) is 0 Å². The van der Waals surface area contributed by atoms with E-state index in [9.17, 15) is 8.42 Å². The Hall–Kier alpha value is -1.93. The van der Waals surface area contributed by atoms with Crippen molar-refractivity contribution in [2.45, 2.75) is 24.7 Å². The molecule has 0 saturated carbocycles. The van der Waals surface area contributed by atoms with Gasteiger partial charge < -0.3 is 9.26 Å². The lowest BCUT2D eigenvalue weighted by molar-refractivity contribution is 0.402. The zero-order valence-corrected chi connectivity index (χ0v) is 12.0. The molecule has 108 valence electrons. The number of nitrogens with zero attached hydrogens (tertiary/aromatic N) is 2. The second-order valence-corrected chi connectivity index (χ2v) is 5.73. The zero-order chi connectivity index (χ0) is 14.8. The Morgan fingerprint density at radius 2 is 2.15 bits per heavy atom. The van der Waals surface area contributed by atoms with Gasteiger partial charge in [-0.3, -0.25) is 0 Å². The first-order valence-electron chi connectivity index (χ1n) is 5.99. The van der Waals surface area contributed by atoms with Crippen molar-refractivity contribution < 1.29 is 17.7 Å². The van der Waals surface area contributed by atoms with Gasteiger partial charge in [0, 0.05) is 6.42 Å². The van der Waals surface area contributed by atoms with Crippen LogP contribution >= 0.6 is 0 Å². The molecule has 1 aromatic heterocycles. The van der Waals surface area contributed by atoms with Crippen molar-refractivity contribution in [3.05, 3.63) is 24.0 Å². The largest absolute Gasteiger partial charge is 0.496 e. The maximum atomic E-state index is 11.4. The van der Waals surface area contributed by atoms with Gasteiger partial charge >= 0.3 is 0 Å². The molecular formula is C12H15N3O4S. The van der Waals surface area contributed by atoms with Crippen LogP contribution in [0.25, 0.3) is 11.5 Å².